The lowest BCUT2D eigenvalue weighted by atomic mass is 10.1. The number of nitrogens with zero attached hydrogens (tertiary/aromatic N) is 2. The van der Waals surface area contributed by atoms with Gasteiger partial charge in [-0.25, -0.2) is 9.97 Å². The lowest BCUT2D eigenvalue weighted by molar-refractivity contribution is 0.916. The monoisotopic (exact) mass is 212 g/mol. The topological polar surface area (TPSA) is 25.8 Å². The lowest BCUT2D eigenvalue weighted by Crippen LogP contribution is -1.95. The van der Waals surface area contributed by atoms with Crippen molar-refractivity contribution in [3.05, 3.63) is 59.2 Å². The lowest BCUT2D eigenvalue weighted by Gasteiger charge is -2.02. The number of aryl methyl sites for hydroxylation is 4. The SMILES string of the molecule is Cc1ccc(CCc2cnc(C)nc2)cc1. The summed E-state index contributed by atoms with van der Waals surface area (Å²) in [6, 6.07) is 8.68. The van der Waals surface area contributed by atoms with Crippen molar-refractivity contribution in [2.45, 2.75) is 26.7 Å². The van der Waals surface area contributed by atoms with E-state index < -0.39 is 0 Å². The summed E-state index contributed by atoms with van der Waals surface area (Å²) in [6.07, 6.45) is 5.88. The van der Waals surface area contributed by atoms with Crippen LogP contribution in [0.1, 0.15) is 22.5 Å². The predicted octanol–water partition coefficient (Wildman–Crippen LogP) is 2.88. The van der Waals surface area contributed by atoms with Crippen molar-refractivity contribution in [3.63, 3.8) is 0 Å². The van der Waals surface area contributed by atoms with Crippen LogP contribution in [-0.2, 0) is 12.8 Å². The van der Waals surface area contributed by atoms with E-state index in [0.717, 1.165) is 18.7 Å². The fourth-order valence-corrected chi connectivity index (χ4v) is 1.59. The molecule has 0 amide bonds. The van der Waals surface area contributed by atoms with Crippen LogP contribution in [0.4, 0.5) is 0 Å². The summed E-state index contributed by atoms with van der Waals surface area (Å²) in [4.78, 5) is 8.39. The minimum Gasteiger partial charge on any atom is -0.241 e. The van der Waals surface area contributed by atoms with Gasteiger partial charge in [-0.05, 0) is 37.8 Å². The largest absolute Gasteiger partial charge is 0.241 e. The molecule has 1 aromatic carbocycles. The molecule has 0 aliphatic carbocycles. The van der Waals surface area contributed by atoms with Crippen molar-refractivity contribution in [2.24, 2.45) is 0 Å². The minimum absolute atomic E-state index is 0.832. The molecule has 0 unspecified atom stereocenters. The van der Waals surface area contributed by atoms with Gasteiger partial charge in [-0.3, -0.25) is 0 Å². The molecule has 0 saturated carbocycles. The van der Waals surface area contributed by atoms with Crippen molar-refractivity contribution in [3.8, 4) is 0 Å². The van der Waals surface area contributed by atoms with Crippen molar-refractivity contribution < 1.29 is 0 Å². The van der Waals surface area contributed by atoms with Crippen LogP contribution in [0.15, 0.2) is 36.7 Å². The third kappa shape index (κ3) is 2.89. The molecule has 0 saturated heterocycles. The Hall–Kier alpha value is -1.70. The molecule has 0 atom stereocenters. The molecule has 0 N–H and O–H groups in total. The highest BCUT2D eigenvalue weighted by atomic mass is 14.8. The van der Waals surface area contributed by atoms with Gasteiger partial charge in [-0.1, -0.05) is 29.8 Å². The summed E-state index contributed by atoms with van der Waals surface area (Å²) in [6.45, 7) is 4.02. The van der Waals surface area contributed by atoms with Gasteiger partial charge in [0.25, 0.3) is 0 Å². The zero-order chi connectivity index (χ0) is 11.4. The van der Waals surface area contributed by atoms with Crippen LogP contribution in [0.3, 0.4) is 0 Å². The quantitative estimate of drug-likeness (QED) is 0.781. The van der Waals surface area contributed by atoms with Crippen molar-refractivity contribution in [1.29, 1.82) is 0 Å². The molecule has 16 heavy (non-hydrogen) atoms. The summed E-state index contributed by atoms with van der Waals surface area (Å²) < 4.78 is 0. The van der Waals surface area contributed by atoms with Gasteiger partial charge in [0.2, 0.25) is 0 Å². The van der Waals surface area contributed by atoms with E-state index in [2.05, 4.69) is 41.2 Å². The van der Waals surface area contributed by atoms with E-state index in [1.54, 1.807) is 0 Å². The van der Waals surface area contributed by atoms with Gasteiger partial charge in [0.15, 0.2) is 0 Å². The highest BCUT2D eigenvalue weighted by Gasteiger charge is 1.97. The number of benzene rings is 1. The second kappa shape index (κ2) is 4.88. The molecule has 0 spiro atoms. The molecule has 0 radical (unpaired) electrons. The molecule has 2 aromatic rings. The number of aromatic nitrogens is 2. The van der Waals surface area contributed by atoms with Gasteiger partial charge in [0.1, 0.15) is 5.82 Å². The third-order valence-corrected chi connectivity index (χ3v) is 2.66. The smallest absolute Gasteiger partial charge is 0.125 e. The van der Waals surface area contributed by atoms with Gasteiger partial charge < -0.3 is 0 Å². The summed E-state index contributed by atoms with van der Waals surface area (Å²) in [5, 5.41) is 0. The average Bonchev–Trinajstić information content (AvgIpc) is 2.30. The molecule has 1 aromatic heterocycles. The standard InChI is InChI=1S/C14H16N2/c1-11-3-5-13(6-4-11)7-8-14-9-15-12(2)16-10-14/h3-6,9-10H,7-8H2,1-2H3. The Kier molecular flexibility index (Phi) is 3.30. The highest BCUT2D eigenvalue weighted by molar-refractivity contribution is 5.22. The van der Waals surface area contributed by atoms with Crippen molar-refractivity contribution >= 4 is 0 Å². The van der Waals surface area contributed by atoms with Crippen LogP contribution in [0.25, 0.3) is 0 Å². The highest BCUT2D eigenvalue weighted by Crippen LogP contribution is 2.07. The maximum absolute atomic E-state index is 4.19. The molecule has 0 bridgehead atoms. The van der Waals surface area contributed by atoms with Crippen molar-refractivity contribution in [2.75, 3.05) is 0 Å². The van der Waals surface area contributed by atoms with Crippen LogP contribution < -0.4 is 0 Å². The third-order valence-electron chi connectivity index (χ3n) is 2.66. The number of hydrogen-bond acceptors (Lipinski definition) is 2. The zero-order valence-electron chi connectivity index (χ0n) is 9.77. The Morgan fingerprint density at radius 1 is 0.812 bits per heavy atom. The molecule has 82 valence electrons. The summed E-state index contributed by atoms with van der Waals surface area (Å²) >= 11 is 0. The fraction of sp³-hybridized carbons (Fsp3) is 0.286. The normalized spacial score (nSPS) is 10.4. The van der Waals surface area contributed by atoms with Crippen LogP contribution in [0, 0.1) is 13.8 Å². The first-order valence-electron chi connectivity index (χ1n) is 5.57. The fourth-order valence-electron chi connectivity index (χ4n) is 1.59. The molecule has 0 aliphatic heterocycles. The Bertz CT molecular complexity index is 398. The molecule has 0 aliphatic rings. The maximum atomic E-state index is 4.19. The first kappa shape index (κ1) is 10.8. The average molecular weight is 212 g/mol. The predicted molar refractivity (Wildman–Crippen MR) is 65.4 cm³/mol. The maximum Gasteiger partial charge on any atom is 0.125 e. The minimum atomic E-state index is 0.832. The Morgan fingerprint density at radius 3 is 2.00 bits per heavy atom. The Morgan fingerprint density at radius 2 is 1.38 bits per heavy atom. The second-order valence-corrected chi connectivity index (χ2v) is 4.12. The summed E-state index contributed by atoms with van der Waals surface area (Å²) in [7, 11) is 0. The Labute approximate surface area is 96.4 Å². The van der Waals surface area contributed by atoms with Crippen LogP contribution in [-0.4, -0.2) is 9.97 Å². The van der Waals surface area contributed by atoms with Crippen LogP contribution >= 0.6 is 0 Å². The molecule has 1 heterocycles. The summed E-state index contributed by atoms with van der Waals surface area (Å²) in [5.74, 6) is 0.832. The van der Waals surface area contributed by atoms with Crippen LogP contribution in [0.2, 0.25) is 0 Å². The number of rotatable bonds is 3. The van der Waals surface area contributed by atoms with Crippen molar-refractivity contribution in [1.82, 2.24) is 9.97 Å². The van der Waals surface area contributed by atoms with E-state index in [9.17, 15) is 0 Å². The van der Waals surface area contributed by atoms with E-state index >= 15 is 0 Å². The van der Waals surface area contributed by atoms with E-state index in [1.807, 2.05) is 19.3 Å². The van der Waals surface area contributed by atoms with Gasteiger partial charge in [-0.15, -0.1) is 0 Å². The first-order valence-corrected chi connectivity index (χ1v) is 5.57. The molecular weight excluding hydrogens is 196 g/mol. The summed E-state index contributed by atoms with van der Waals surface area (Å²) in [5.41, 5.74) is 3.87. The van der Waals surface area contributed by atoms with Gasteiger partial charge in [0, 0.05) is 12.4 Å². The molecule has 2 heteroatoms. The van der Waals surface area contributed by atoms with Gasteiger partial charge >= 0.3 is 0 Å². The first-order chi connectivity index (χ1) is 7.74. The van der Waals surface area contributed by atoms with E-state index in [1.165, 1.54) is 16.7 Å². The molecule has 2 rings (SSSR count). The van der Waals surface area contributed by atoms with E-state index in [-0.39, 0.29) is 0 Å². The molecular formula is C14H16N2. The van der Waals surface area contributed by atoms with E-state index in [4.69, 9.17) is 0 Å². The number of hydrogen-bond donors (Lipinski definition) is 0. The van der Waals surface area contributed by atoms with Gasteiger partial charge in [0.05, 0.1) is 0 Å². The zero-order valence-corrected chi connectivity index (χ0v) is 9.77. The van der Waals surface area contributed by atoms with Gasteiger partial charge in [-0.2, -0.15) is 0 Å². The van der Waals surface area contributed by atoms with Crippen LogP contribution in [0.5, 0.6) is 0 Å². The second-order valence-electron chi connectivity index (χ2n) is 4.12. The Balaban J connectivity index is 1.97. The molecule has 2 nitrogen and oxygen atoms in total. The van der Waals surface area contributed by atoms with E-state index in [0.29, 0.717) is 0 Å². The molecule has 0 fully saturated rings.